The summed E-state index contributed by atoms with van der Waals surface area (Å²) in [5.74, 6) is 1.65. The van der Waals surface area contributed by atoms with Crippen molar-refractivity contribution in [2.45, 2.75) is 6.92 Å². The van der Waals surface area contributed by atoms with Gasteiger partial charge in [0.1, 0.15) is 10.8 Å². The minimum Gasteiger partial charge on any atom is -0.353 e. The van der Waals surface area contributed by atoms with Crippen molar-refractivity contribution < 1.29 is 0 Å². The lowest BCUT2D eigenvalue weighted by molar-refractivity contribution is 0.643. The quantitative estimate of drug-likeness (QED) is 0.720. The van der Waals surface area contributed by atoms with E-state index in [4.69, 9.17) is 0 Å². The zero-order chi connectivity index (χ0) is 15.6. The molecule has 0 unspecified atom stereocenters. The average Bonchev–Trinajstić information content (AvgIpc) is 3.27. The Balaban J connectivity index is 1.47. The number of nitrogens with zero attached hydrogens (tertiary/aromatic N) is 7. The topological polar surface area (TPSA) is 70.9 Å². The van der Waals surface area contributed by atoms with E-state index in [0.717, 1.165) is 47.1 Å². The molecule has 0 radical (unpaired) electrons. The van der Waals surface area contributed by atoms with Crippen LogP contribution in [-0.4, -0.2) is 51.3 Å². The smallest absolute Gasteiger partial charge is 0.208 e. The Morgan fingerprint density at radius 1 is 1.00 bits per heavy atom. The fourth-order valence-electron chi connectivity index (χ4n) is 2.50. The number of hydrogen-bond acceptors (Lipinski definition) is 9. The number of hydrogen-bond donors (Lipinski definition) is 0. The van der Waals surface area contributed by atoms with Crippen molar-refractivity contribution in [1.29, 1.82) is 0 Å². The molecule has 7 nitrogen and oxygen atoms in total. The summed E-state index contributed by atoms with van der Waals surface area (Å²) in [7, 11) is 0. The molecular formula is C14H15N7S2. The molecule has 9 heteroatoms. The summed E-state index contributed by atoms with van der Waals surface area (Å²) in [6, 6.07) is 1.96. The molecule has 0 aliphatic carbocycles. The highest BCUT2D eigenvalue weighted by Crippen LogP contribution is 2.24. The minimum absolute atomic E-state index is 0.694. The second kappa shape index (κ2) is 6.17. The molecule has 0 bridgehead atoms. The zero-order valence-corrected chi connectivity index (χ0v) is 14.2. The molecule has 0 saturated carbocycles. The number of aromatic nitrogens is 5. The van der Waals surface area contributed by atoms with E-state index in [9.17, 15) is 0 Å². The van der Waals surface area contributed by atoms with E-state index in [2.05, 4.69) is 34.9 Å². The molecule has 0 atom stereocenters. The first-order chi connectivity index (χ1) is 11.3. The molecule has 0 amide bonds. The highest BCUT2D eigenvalue weighted by molar-refractivity contribution is 7.15. The molecular weight excluding hydrogens is 330 g/mol. The summed E-state index contributed by atoms with van der Waals surface area (Å²) in [6.45, 7) is 5.65. The summed E-state index contributed by atoms with van der Waals surface area (Å²) < 4.78 is 0. The molecule has 3 aromatic heterocycles. The van der Waals surface area contributed by atoms with Crippen molar-refractivity contribution in [2.75, 3.05) is 36.0 Å². The second-order valence-electron chi connectivity index (χ2n) is 5.15. The third kappa shape index (κ3) is 3.02. The molecule has 1 fully saturated rings. The maximum Gasteiger partial charge on any atom is 0.208 e. The van der Waals surface area contributed by atoms with E-state index in [1.54, 1.807) is 35.1 Å². The van der Waals surface area contributed by atoms with Crippen LogP contribution in [0.5, 0.6) is 0 Å². The van der Waals surface area contributed by atoms with Gasteiger partial charge in [0.05, 0.1) is 0 Å². The molecule has 0 spiro atoms. The van der Waals surface area contributed by atoms with Gasteiger partial charge in [0.15, 0.2) is 10.8 Å². The summed E-state index contributed by atoms with van der Waals surface area (Å²) in [6.07, 6.45) is 3.58. The van der Waals surface area contributed by atoms with Crippen molar-refractivity contribution in [1.82, 2.24) is 25.1 Å². The fraction of sp³-hybridized carbons (Fsp3) is 0.357. The maximum absolute atomic E-state index is 4.66. The minimum atomic E-state index is 0.694. The Morgan fingerprint density at radius 3 is 2.52 bits per heavy atom. The first-order valence-corrected chi connectivity index (χ1v) is 9.02. The number of rotatable bonds is 3. The van der Waals surface area contributed by atoms with Crippen LogP contribution in [-0.2, 0) is 0 Å². The van der Waals surface area contributed by atoms with E-state index in [1.165, 1.54) is 0 Å². The Hall–Kier alpha value is -2.13. The van der Waals surface area contributed by atoms with Gasteiger partial charge in [-0.05, 0) is 13.0 Å². The van der Waals surface area contributed by atoms with Crippen LogP contribution in [0, 0.1) is 6.92 Å². The lowest BCUT2D eigenvalue weighted by Gasteiger charge is -2.35. The lowest BCUT2D eigenvalue weighted by Crippen LogP contribution is -2.46. The van der Waals surface area contributed by atoms with Crippen molar-refractivity contribution in [3.63, 3.8) is 0 Å². The van der Waals surface area contributed by atoms with Gasteiger partial charge in [-0.15, -0.1) is 21.5 Å². The van der Waals surface area contributed by atoms with Crippen molar-refractivity contribution >= 4 is 33.6 Å². The van der Waals surface area contributed by atoms with Crippen molar-refractivity contribution in [3.8, 4) is 10.8 Å². The fourth-order valence-corrected chi connectivity index (χ4v) is 3.82. The first kappa shape index (κ1) is 14.5. The Kier molecular flexibility index (Phi) is 3.88. The third-order valence-corrected chi connectivity index (χ3v) is 5.32. The normalized spacial score (nSPS) is 15.2. The van der Waals surface area contributed by atoms with Crippen molar-refractivity contribution in [3.05, 3.63) is 28.8 Å². The molecule has 23 heavy (non-hydrogen) atoms. The van der Waals surface area contributed by atoms with Crippen LogP contribution in [0.1, 0.15) is 5.01 Å². The van der Waals surface area contributed by atoms with Gasteiger partial charge in [-0.25, -0.2) is 15.0 Å². The molecule has 0 aromatic carbocycles. The lowest BCUT2D eigenvalue weighted by atomic mass is 10.3. The molecule has 1 aliphatic rings. The predicted molar refractivity (Wildman–Crippen MR) is 92.2 cm³/mol. The van der Waals surface area contributed by atoms with Gasteiger partial charge in [-0.3, -0.25) is 0 Å². The molecule has 4 heterocycles. The van der Waals surface area contributed by atoms with Crippen LogP contribution < -0.4 is 9.80 Å². The molecule has 3 aromatic rings. The number of thiazole rings is 1. The van der Waals surface area contributed by atoms with Gasteiger partial charge in [0.25, 0.3) is 0 Å². The van der Waals surface area contributed by atoms with Gasteiger partial charge < -0.3 is 9.80 Å². The van der Waals surface area contributed by atoms with E-state index in [-0.39, 0.29) is 0 Å². The maximum atomic E-state index is 4.66. The van der Waals surface area contributed by atoms with Gasteiger partial charge in [-0.2, -0.15) is 0 Å². The molecule has 1 saturated heterocycles. The van der Waals surface area contributed by atoms with E-state index >= 15 is 0 Å². The molecule has 4 rings (SSSR count). The molecule has 0 N–H and O–H groups in total. The number of aryl methyl sites for hydroxylation is 1. The van der Waals surface area contributed by atoms with Gasteiger partial charge in [0, 0.05) is 44.0 Å². The van der Waals surface area contributed by atoms with E-state index in [1.807, 2.05) is 18.4 Å². The SMILES string of the molecule is Cc1nnc(N2CCN(c3ccnc(-c4nccs4)n3)CC2)s1. The monoisotopic (exact) mass is 345 g/mol. The van der Waals surface area contributed by atoms with Crippen LogP contribution >= 0.6 is 22.7 Å². The Labute approximate surface area is 141 Å². The zero-order valence-electron chi connectivity index (χ0n) is 12.6. The predicted octanol–water partition coefficient (Wildman–Crippen LogP) is 2.09. The average molecular weight is 345 g/mol. The summed E-state index contributed by atoms with van der Waals surface area (Å²) in [4.78, 5) is 17.8. The third-order valence-electron chi connectivity index (χ3n) is 3.65. The van der Waals surface area contributed by atoms with Crippen LogP contribution in [0.2, 0.25) is 0 Å². The number of anilines is 2. The van der Waals surface area contributed by atoms with Crippen LogP contribution in [0.3, 0.4) is 0 Å². The van der Waals surface area contributed by atoms with Crippen LogP contribution in [0.4, 0.5) is 10.9 Å². The van der Waals surface area contributed by atoms with Crippen LogP contribution in [0.15, 0.2) is 23.8 Å². The van der Waals surface area contributed by atoms with Gasteiger partial charge in [0.2, 0.25) is 5.13 Å². The largest absolute Gasteiger partial charge is 0.353 e. The molecule has 118 valence electrons. The summed E-state index contributed by atoms with van der Waals surface area (Å²) >= 11 is 3.20. The second-order valence-corrected chi connectivity index (χ2v) is 7.21. The highest BCUT2D eigenvalue weighted by atomic mass is 32.1. The standard InChI is InChI=1S/C14H15N7S2/c1-10-18-19-14(23-10)21-7-5-20(6-8-21)11-2-3-15-12(17-11)13-16-4-9-22-13/h2-4,9H,5-8H2,1H3. The highest BCUT2D eigenvalue weighted by Gasteiger charge is 2.21. The van der Waals surface area contributed by atoms with E-state index < -0.39 is 0 Å². The summed E-state index contributed by atoms with van der Waals surface area (Å²) in [5.41, 5.74) is 0. The summed E-state index contributed by atoms with van der Waals surface area (Å²) in [5, 5.41) is 13.1. The van der Waals surface area contributed by atoms with Crippen molar-refractivity contribution in [2.24, 2.45) is 0 Å². The van der Waals surface area contributed by atoms with Gasteiger partial charge in [-0.1, -0.05) is 11.3 Å². The molecule has 1 aliphatic heterocycles. The van der Waals surface area contributed by atoms with E-state index in [0.29, 0.717) is 5.82 Å². The Morgan fingerprint density at radius 2 is 1.83 bits per heavy atom. The first-order valence-electron chi connectivity index (χ1n) is 7.32. The number of piperazine rings is 1. The van der Waals surface area contributed by atoms with Crippen LogP contribution in [0.25, 0.3) is 10.8 Å². The van der Waals surface area contributed by atoms with Gasteiger partial charge >= 0.3 is 0 Å². The Bertz CT molecular complexity index is 778.